The van der Waals surface area contributed by atoms with Gasteiger partial charge in [-0.1, -0.05) is 18.2 Å². The number of piperidine rings is 1. The lowest BCUT2D eigenvalue weighted by molar-refractivity contribution is -0.140. The number of hydrogen-bond acceptors (Lipinski definition) is 8. The summed E-state index contributed by atoms with van der Waals surface area (Å²) >= 11 is 0. The molecule has 2 aromatic carbocycles. The van der Waals surface area contributed by atoms with E-state index in [1.165, 1.54) is 25.3 Å². The van der Waals surface area contributed by atoms with Crippen LogP contribution in [0, 0.1) is 0 Å². The highest BCUT2D eigenvalue weighted by atomic mass is 19.3. The predicted octanol–water partition coefficient (Wildman–Crippen LogP) is 3.80. The van der Waals surface area contributed by atoms with E-state index in [4.69, 9.17) is 4.74 Å². The highest BCUT2D eigenvalue weighted by molar-refractivity contribution is 6.02. The van der Waals surface area contributed by atoms with Gasteiger partial charge in [-0.2, -0.15) is 13.8 Å². The molecular weight excluding hydrogens is 520 g/mol. The number of methoxy groups -OCH3 is 1. The fourth-order valence-corrected chi connectivity index (χ4v) is 4.86. The zero-order valence-electron chi connectivity index (χ0n) is 22.5. The Balaban J connectivity index is 1.42. The summed E-state index contributed by atoms with van der Waals surface area (Å²) in [5, 5.41) is 6.15. The van der Waals surface area contributed by atoms with Crippen molar-refractivity contribution < 1.29 is 23.1 Å². The monoisotopic (exact) mass is 551 g/mol. The quantitative estimate of drug-likeness (QED) is 0.477. The molecule has 210 valence electrons. The summed E-state index contributed by atoms with van der Waals surface area (Å²) in [5.74, 6) is -4.54. The number of hydrogen-bond donors (Lipinski definition) is 2. The number of halogens is 2. The molecule has 12 heteroatoms. The van der Waals surface area contributed by atoms with Crippen molar-refractivity contribution in [2.45, 2.75) is 24.8 Å². The van der Waals surface area contributed by atoms with Crippen molar-refractivity contribution >= 4 is 40.6 Å². The van der Waals surface area contributed by atoms with Crippen LogP contribution in [0.1, 0.15) is 23.2 Å². The Morgan fingerprint density at radius 1 is 1.10 bits per heavy atom. The third-order valence-corrected chi connectivity index (χ3v) is 7.17. The molecule has 10 nitrogen and oxygen atoms in total. The zero-order valence-corrected chi connectivity index (χ0v) is 22.5. The number of ether oxygens (including phenoxy) is 1. The lowest BCUT2D eigenvalue weighted by Crippen LogP contribution is -2.45. The molecule has 2 N–H and O–H groups in total. The van der Waals surface area contributed by atoms with Gasteiger partial charge in [0, 0.05) is 24.3 Å². The second-order valence-corrected chi connectivity index (χ2v) is 9.98. The number of benzene rings is 2. The van der Waals surface area contributed by atoms with Crippen molar-refractivity contribution in [2.75, 3.05) is 56.0 Å². The van der Waals surface area contributed by atoms with E-state index in [9.17, 15) is 18.4 Å². The molecule has 1 fully saturated rings. The van der Waals surface area contributed by atoms with Crippen LogP contribution < -0.4 is 25.2 Å². The SMILES string of the molecule is COc1cc(C(=O)NC2CCN(C)CC2)ccc1Nc1ncc2c(n1)N(c1ccccc1)CC(F)(F)C(=O)N2C. The number of aromatic nitrogens is 2. The Morgan fingerprint density at radius 2 is 1.82 bits per heavy atom. The van der Waals surface area contributed by atoms with Crippen LogP contribution in [0.15, 0.2) is 54.7 Å². The second-order valence-electron chi connectivity index (χ2n) is 9.98. The third-order valence-electron chi connectivity index (χ3n) is 7.17. The topological polar surface area (TPSA) is 103 Å². The Kier molecular flexibility index (Phi) is 7.53. The van der Waals surface area contributed by atoms with Crippen molar-refractivity contribution in [1.82, 2.24) is 20.2 Å². The Labute approximate surface area is 230 Å². The summed E-state index contributed by atoms with van der Waals surface area (Å²) < 4.78 is 35.3. The number of nitrogens with zero attached hydrogens (tertiary/aromatic N) is 5. The minimum atomic E-state index is -3.65. The summed E-state index contributed by atoms with van der Waals surface area (Å²) in [6.45, 7) is 0.983. The van der Waals surface area contributed by atoms with Gasteiger partial charge in [0.1, 0.15) is 11.4 Å². The number of rotatable bonds is 6. The van der Waals surface area contributed by atoms with Gasteiger partial charge in [-0.25, -0.2) is 4.98 Å². The fraction of sp³-hybridized carbons (Fsp3) is 0.357. The first-order chi connectivity index (χ1) is 19.2. The zero-order chi connectivity index (χ0) is 28.4. The van der Waals surface area contributed by atoms with Crippen LogP contribution in [0.5, 0.6) is 5.75 Å². The van der Waals surface area contributed by atoms with Gasteiger partial charge < -0.3 is 30.1 Å². The summed E-state index contributed by atoms with van der Waals surface area (Å²) in [5.41, 5.74) is 1.52. The van der Waals surface area contributed by atoms with Crippen LogP contribution in [0.4, 0.5) is 37.6 Å². The van der Waals surface area contributed by atoms with E-state index in [1.54, 1.807) is 48.5 Å². The van der Waals surface area contributed by atoms with Crippen molar-refractivity contribution in [2.24, 2.45) is 0 Å². The molecule has 0 spiro atoms. The van der Waals surface area contributed by atoms with Crippen LogP contribution in [-0.2, 0) is 4.79 Å². The Hall–Kier alpha value is -4.32. The van der Waals surface area contributed by atoms with Crippen molar-refractivity contribution in [3.8, 4) is 5.75 Å². The number of anilines is 5. The first-order valence-corrected chi connectivity index (χ1v) is 13.0. The standard InChI is InChI=1S/C28H31F2N7O3/c1-35-13-11-19(12-14-35)32-25(38)18-9-10-21(23(15-18)40-3)33-27-31-16-22-24(34-27)37(20-7-5-4-6-8-20)17-28(29,30)26(39)36(22)2/h4-10,15-16,19H,11-14,17H2,1-3H3,(H,32,38)(H,31,33,34). The maximum absolute atomic E-state index is 14.9. The average molecular weight is 552 g/mol. The van der Waals surface area contributed by atoms with Gasteiger partial charge in [0.2, 0.25) is 5.95 Å². The molecule has 40 heavy (non-hydrogen) atoms. The first-order valence-electron chi connectivity index (χ1n) is 13.0. The maximum Gasteiger partial charge on any atom is 0.342 e. The molecule has 0 unspecified atom stereocenters. The average Bonchev–Trinajstić information content (AvgIpc) is 3.03. The van der Waals surface area contributed by atoms with E-state index in [0.717, 1.165) is 30.8 Å². The number of nitrogens with one attached hydrogen (secondary N) is 2. The maximum atomic E-state index is 14.9. The van der Waals surface area contributed by atoms with Gasteiger partial charge in [-0.15, -0.1) is 0 Å². The molecule has 0 atom stereocenters. The van der Waals surface area contributed by atoms with Crippen molar-refractivity contribution in [3.63, 3.8) is 0 Å². The minimum absolute atomic E-state index is 0.104. The number of para-hydroxylation sites is 1. The molecule has 0 aliphatic carbocycles. The van der Waals surface area contributed by atoms with Crippen LogP contribution in [0.3, 0.4) is 0 Å². The molecule has 1 aromatic heterocycles. The van der Waals surface area contributed by atoms with Crippen LogP contribution in [0.25, 0.3) is 0 Å². The number of carbonyl (C=O) groups excluding carboxylic acids is 2. The summed E-state index contributed by atoms with van der Waals surface area (Å²) in [7, 11) is 4.82. The lowest BCUT2D eigenvalue weighted by atomic mass is 10.0. The number of likely N-dealkylation sites (tertiary alicyclic amines) is 1. The van der Waals surface area contributed by atoms with E-state index in [1.807, 2.05) is 0 Å². The smallest absolute Gasteiger partial charge is 0.342 e. The van der Waals surface area contributed by atoms with E-state index in [2.05, 4.69) is 32.5 Å². The molecule has 5 rings (SSSR count). The summed E-state index contributed by atoms with van der Waals surface area (Å²) in [6.07, 6.45) is 3.11. The fourth-order valence-electron chi connectivity index (χ4n) is 4.86. The van der Waals surface area contributed by atoms with E-state index in [0.29, 0.717) is 22.7 Å². The number of amides is 2. The van der Waals surface area contributed by atoms with Gasteiger partial charge in [-0.3, -0.25) is 9.59 Å². The van der Waals surface area contributed by atoms with Gasteiger partial charge in [0.15, 0.2) is 5.82 Å². The number of alkyl halides is 2. The van der Waals surface area contributed by atoms with Crippen molar-refractivity contribution in [3.05, 3.63) is 60.3 Å². The van der Waals surface area contributed by atoms with Gasteiger partial charge >= 0.3 is 5.92 Å². The molecule has 2 amide bonds. The molecule has 0 saturated carbocycles. The number of carbonyl (C=O) groups is 2. The molecule has 1 saturated heterocycles. The van der Waals surface area contributed by atoms with Crippen LogP contribution >= 0.6 is 0 Å². The van der Waals surface area contributed by atoms with E-state index in [-0.39, 0.29) is 29.4 Å². The van der Waals surface area contributed by atoms with Gasteiger partial charge in [0.05, 0.1) is 25.5 Å². The van der Waals surface area contributed by atoms with Crippen molar-refractivity contribution in [1.29, 1.82) is 0 Å². The number of fused-ring (bicyclic) bond motifs is 1. The van der Waals surface area contributed by atoms with E-state index < -0.39 is 18.4 Å². The van der Waals surface area contributed by atoms with Gasteiger partial charge in [0.25, 0.3) is 11.8 Å². The van der Waals surface area contributed by atoms with Crippen LogP contribution in [-0.4, -0.2) is 79.5 Å². The third kappa shape index (κ3) is 5.53. The summed E-state index contributed by atoms with van der Waals surface area (Å²) in [6, 6.07) is 13.6. The second kappa shape index (κ2) is 11.0. The van der Waals surface area contributed by atoms with Crippen LogP contribution in [0.2, 0.25) is 0 Å². The molecule has 0 radical (unpaired) electrons. The highest BCUT2D eigenvalue weighted by Crippen LogP contribution is 2.40. The highest BCUT2D eigenvalue weighted by Gasteiger charge is 2.47. The van der Waals surface area contributed by atoms with Gasteiger partial charge in [-0.05, 0) is 63.3 Å². The Bertz CT molecular complexity index is 1400. The molecule has 3 aromatic rings. The normalized spacial score (nSPS) is 17.7. The minimum Gasteiger partial charge on any atom is -0.495 e. The van der Waals surface area contributed by atoms with E-state index >= 15 is 0 Å². The lowest BCUT2D eigenvalue weighted by Gasteiger charge is -2.29. The molecule has 2 aliphatic rings. The largest absolute Gasteiger partial charge is 0.495 e. The molecule has 2 aliphatic heterocycles. The predicted molar refractivity (Wildman–Crippen MR) is 148 cm³/mol. The molecule has 0 bridgehead atoms. The molecular formula is C28H31F2N7O3. The molecule has 3 heterocycles. The Morgan fingerprint density at radius 3 is 2.52 bits per heavy atom. The first kappa shape index (κ1) is 27.3. The summed E-state index contributed by atoms with van der Waals surface area (Å²) in [4.78, 5) is 38.6.